The third-order valence-corrected chi connectivity index (χ3v) is 4.50. The second-order valence-electron chi connectivity index (χ2n) is 5.29. The molecule has 92 valence electrons. The minimum absolute atomic E-state index is 0.152. The molecule has 0 aromatic heterocycles. The highest BCUT2D eigenvalue weighted by Crippen LogP contribution is 2.24. The van der Waals surface area contributed by atoms with E-state index in [1.807, 2.05) is 13.8 Å². The fourth-order valence-electron chi connectivity index (χ4n) is 1.94. The third kappa shape index (κ3) is 5.77. The van der Waals surface area contributed by atoms with Gasteiger partial charge >= 0.3 is 0 Å². The van der Waals surface area contributed by atoms with Crippen LogP contribution in [-0.2, 0) is 0 Å². The van der Waals surface area contributed by atoms with Crippen molar-refractivity contribution in [2.75, 3.05) is 18.8 Å². The van der Waals surface area contributed by atoms with Gasteiger partial charge in [0.1, 0.15) is 0 Å². The van der Waals surface area contributed by atoms with Gasteiger partial charge in [0.25, 0.3) is 0 Å². The fourth-order valence-corrected chi connectivity index (χ4v) is 3.22. The highest BCUT2D eigenvalue weighted by Gasteiger charge is 2.16. The Hall–Kier alpha value is -0.200. The van der Waals surface area contributed by atoms with Gasteiger partial charge in [-0.2, -0.15) is 17.0 Å². The summed E-state index contributed by atoms with van der Waals surface area (Å²) in [4.78, 5) is 0. The van der Waals surface area contributed by atoms with Crippen LogP contribution < -0.4 is 5.32 Å². The Bertz CT molecular complexity index is 227. The van der Waals surface area contributed by atoms with Crippen LogP contribution >= 0.6 is 11.8 Å². The van der Waals surface area contributed by atoms with E-state index in [1.165, 1.54) is 25.0 Å². The summed E-state index contributed by atoms with van der Waals surface area (Å²) in [5.74, 6) is 1.34. The van der Waals surface area contributed by atoms with Crippen LogP contribution in [0.5, 0.6) is 0 Å². The van der Waals surface area contributed by atoms with Crippen LogP contribution in [0.4, 0.5) is 0 Å². The molecule has 0 saturated carbocycles. The van der Waals surface area contributed by atoms with Crippen molar-refractivity contribution in [1.82, 2.24) is 5.32 Å². The van der Waals surface area contributed by atoms with Crippen molar-refractivity contribution in [1.29, 1.82) is 5.26 Å². The lowest BCUT2D eigenvalue weighted by molar-refractivity contribution is 0.425. The Kier molecular flexibility index (Phi) is 6.23. The first kappa shape index (κ1) is 13.9. The van der Waals surface area contributed by atoms with E-state index in [-0.39, 0.29) is 5.41 Å². The second-order valence-corrected chi connectivity index (χ2v) is 6.70. The van der Waals surface area contributed by atoms with Gasteiger partial charge in [0.15, 0.2) is 0 Å². The van der Waals surface area contributed by atoms with Crippen LogP contribution in [0.15, 0.2) is 0 Å². The molecule has 1 aliphatic heterocycles. The Morgan fingerprint density at radius 2 is 2.25 bits per heavy atom. The molecule has 1 atom stereocenters. The van der Waals surface area contributed by atoms with Gasteiger partial charge < -0.3 is 5.32 Å². The predicted molar refractivity (Wildman–Crippen MR) is 71.6 cm³/mol. The zero-order valence-electron chi connectivity index (χ0n) is 10.6. The zero-order valence-corrected chi connectivity index (χ0v) is 11.4. The Labute approximate surface area is 104 Å². The minimum atomic E-state index is -0.152. The van der Waals surface area contributed by atoms with Gasteiger partial charge in [-0.05, 0) is 51.8 Å². The standard InChI is InChI=1S/C13H24N2S/c1-13(2,11-14)7-5-8-15-10-12-6-3-4-9-16-12/h12,15H,3-10H2,1-2H3. The quantitative estimate of drug-likeness (QED) is 0.724. The first-order valence-electron chi connectivity index (χ1n) is 6.38. The van der Waals surface area contributed by atoms with E-state index in [2.05, 4.69) is 23.1 Å². The van der Waals surface area contributed by atoms with Crippen LogP contribution in [0.1, 0.15) is 46.0 Å². The molecule has 16 heavy (non-hydrogen) atoms. The molecule has 2 nitrogen and oxygen atoms in total. The molecule has 1 saturated heterocycles. The molecule has 0 spiro atoms. The molecule has 0 aromatic rings. The van der Waals surface area contributed by atoms with E-state index in [4.69, 9.17) is 5.26 Å². The summed E-state index contributed by atoms with van der Waals surface area (Å²) >= 11 is 2.12. The molecule has 1 rings (SSSR count). The van der Waals surface area contributed by atoms with Gasteiger partial charge in [0.05, 0.1) is 11.5 Å². The second kappa shape index (κ2) is 7.19. The van der Waals surface area contributed by atoms with Crippen LogP contribution in [-0.4, -0.2) is 24.1 Å². The van der Waals surface area contributed by atoms with Crippen molar-refractivity contribution in [3.63, 3.8) is 0 Å². The van der Waals surface area contributed by atoms with Gasteiger partial charge in [-0.25, -0.2) is 0 Å². The van der Waals surface area contributed by atoms with E-state index in [0.717, 1.165) is 31.2 Å². The van der Waals surface area contributed by atoms with Crippen molar-refractivity contribution in [2.24, 2.45) is 5.41 Å². The van der Waals surface area contributed by atoms with Gasteiger partial charge in [-0.15, -0.1) is 0 Å². The number of thioether (sulfide) groups is 1. The summed E-state index contributed by atoms with van der Waals surface area (Å²) in [6.07, 6.45) is 6.28. The summed E-state index contributed by atoms with van der Waals surface area (Å²) < 4.78 is 0. The Morgan fingerprint density at radius 3 is 2.88 bits per heavy atom. The molecule has 0 radical (unpaired) electrons. The van der Waals surface area contributed by atoms with Gasteiger partial charge in [-0.1, -0.05) is 6.42 Å². The Balaban J connectivity index is 1.97. The monoisotopic (exact) mass is 240 g/mol. The lowest BCUT2D eigenvalue weighted by Crippen LogP contribution is -2.28. The van der Waals surface area contributed by atoms with Crippen LogP contribution in [0.25, 0.3) is 0 Å². The lowest BCUT2D eigenvalue weighted by Gasteiger charge is -2.22. The highest BCUT2D eigenvalue weighted by atomic mass is 32.2. The highest BCUT2D eigenvalue weighted by molar-refractivity contribution is 7.99. The topological polar surface area (TPSA) is 35.8 Å². The number of nitriles is 1. The molecule has 1 N–H and O–H groups in total. The summed E-state index contributed by atoms with van der Waals surface area (Å²) in [5.41, 5.74) is -0.152. The molecule has 0 amide bonds. The predicted octanol–water partition coefficient (Wildman–Crippen LogP) is 3.19. The van der Waals surface area contributed by atoms with E-state index >= 15 is 0 Å². The molecule has 0 aromatic carbocycles. The lowest BCUT2D eigenvalue weighted by atomic mass is 9.90. The normalized spacial score (nSPS) is 21.7. The average Bonchev–Trinajstić information content (AvgIpc) is 2.30. The summed E-state index contributed by atoms with van der Waals surface area (Å²) in [7, 11) is 0. The van der Waals surface area contributed by atoms with Gasteiger partial charge in [0, 0.05) is 11.8 Å². The van der Waals surface area contributed by atoms with Gasteiger partial charge in [-0.3, -0.25) is 0 Å². The first-order valence-corrected chi connectivity index (χ1v) is 7.42. The van der Waals surface area contributed by atoms with Crippen LogP contribution in [0, 0.1) is 16.7 Å². The van der Waals surface area contributed by atoms with E-state index in [9.17, 15) is 0 Å². The van der Waals surface area contributed by atoms with Crippen molar-refractivity contribution >= 4 is 11.8 Å². The molecule has 1 fully saturated rings. The molecular formula is C13H24N2S. The summed E-state index contributed by atoms with van der Waals surface area (Å²) in [6, 6.07) is 2.35. The fraction of sp³-hybridized carbons (Fsp3) is 0.923. The molecule has 1 heterocycles. The van der Waals surface area contributed by atoms with E-state index in [0.29, 0.717) is 0 Å². The molecular weight excluding hydrogens is 216 g/mol. The van der Waals surface area contributed by atoms with E-state index < -0.39 is 0 Å². The minimum Gasteiger partial charge on any atom is -0.316 e. The molecule has 1 unspecified atom stereocenters. The summed E-state index contributed by atoms with van der Waals surface area (Å²) in [6.45, 7) is 6.24. The first-order chi connectivity index (χ1) is 7.64. The average molecular weight is 240 g/mol. The molecule has 1 aliphatic rings. The number of rotatable bonds is 6. The SMILES string of the molecule is CC(C)(C#N)CCCNCC1CCCCS1. The maximum absolute atomic E-state index is 8.88. The smallest absolute Gasteiger partial charge is 0.0683 e. The van der Waals surface area contributed by atoms with Crippen molar-refractivity contribution < 1.29 is 0 Å². The van der Waals surface area contributed by atoms with Crippen molar-refractivity contribution in [2.45, 2.75) is 51.2 Å². The van der Waals surface area contributed by atoms with Crippen LogP contribution in [0.2, 0.25) is 0 Å². The van der Waals surface area contributed by atoms with Crippen LogP contribution in [0.3, 0.4) is 0 Å². The number of nitrogens with one attached hydrogen (secondary N) is 1. The number of hydrogen-bond donors (Lipinski definition) is 1. The van der Waals surface area contributed by atoms with E-state index in [1.54, 1.807) is 0 Å². The summed E-state index contributed by atoms with van der Waals surface area (Å²) in [5, 5.41) is 13.2. The molecule has 0 aliphatic carbocycles. The molecule has 3 heteroatoms. The van der Waals surface area contributed by atoms with Gasteiger partial charge in [0.2, 0.25) is 0 Å². The zero-order chi connectivity index (χ0) is 11.9. The maximum atomic E-state index is 8.88. The largest absolute Gasteiger partial charge is 0.316 e. The van der Waals surface area contributed by atoms with Crippen molar-refractivity contribution in [3.05, 3.63) is 0 Å². The number of hydrogen-bond acceptors (Lipinski definition) is 3. The third-order valence-electron chi connectivity index (χ3n) is 3.10. The molecule has 0 bridgehead atoms. The number of nitrogens with zero attached hydrogens (tertiary/aromatic N) is 1. The Morgan fingerprint density at radius 1 is 1.44 bits per heavy atom. The van der Waals surface area contributed by atoms with Crippen molar-refractivity contribution in [3.8, 4) is 6.07 Å². The maximum Gasteiger partial charge on any atom is 0.0683 e.